The average Bonchev–Trinajstić information content (AvgIpc) is 3.53. The van der Waals surface area contributed by atoms with Gasteiger partial charge in [-0.05, 0) is 69.7 Å². The van der Waals surface area contributed by atoms with Crippen LogP contribution in [0.15, 0.2) is 24.5 Å². The Kier molecular flexibility index (Phi) is 6.97. The van der Waals surface area contributed by atoms with Gasteiger partial charge in [0.2, 0.25) is 5.91 Å². The number of aryl methyl sites for hydroxylation is 2. The van der Waals surface area contributed by atoms with E-state index >= 15 is 0 Å². The summed E-state index contributed by atoms with van der Waals surface area (Å²) in [6, 6.07) is 3.72. The van der Waals surface area contributed by atoms with E-state index in [2.05, 4.69) is 14.7 Å². The van der Waals surface area contributed by atoms with Crippen molar-refractivity contribution >= 4 is 23.5 Å². The second-order valence-corrected chi connectivity index (χ2v) is 14.3. The van der Waals surface area contributed by atoms with Crippen molar-refractivity contribution in [1.29, 1.82) is 0 Å². The fourth-order valence-corrected chi connectivity index (χ4v) is 7.67. The quantitative estimate of drug-likeness (QED) is 0.367. The van der Waals surface area contributed by atoms with Crippen molar-refractivity contribution in [2.45, 2.75) is 84.4 Å². The Bertz CT molecular complexity index is 1660. The number of carbonyl (C=O) groups is 2. The molecule has 1 spiro atoms. The van der Waals surface area contributed by atoms with Crippen LogP contribution in [-0.4, -0.2) is 73.1 Å². The first-order valence-corrected chi connectivity index (χ1v) is 15.9. The van der Waals surface area contributed by atoms with Crippen LogP contribution in [0.2, 0.25) is 0 Å². The lowest BCUT2D eigenvalue weighted by atomic mass is 9.60. The second-order valence-electron chi connectivity index (χ2n) is 14.3. The summed E-state index contributed by atoms with van der Waals surface area (Å²) in [6.07, 6.45) is 4.64. The van der Waals surface area contributed by atoms with Gasteiger partial charge < -0.3 is 19.4 Å². The monoisotopic (exact) mass is 621 g/mol. The number of nitrogens with zero attached hydrogens (tertiary/aromatic N) is 7. The van der Waals surface area contributed by atoms with E-state index in [9.17, 15) is 18.4 Å². The number of amides is 2. The Balaban J connectivity index is 1.20. The third-order valence-electron chi connectivity index (χ3n) is 9.77. The molecule has 4 aliphatic rings. The van der Waals surface area contributed by atoms with Crippen LogP contribution >= 0.6 is 0 Å². The number of hydrogen-bond acceptors (Lipinski definition) is 6. The predicted octanol–water partition coefficient (Wildman–Crippen LogP) is 5.78. The first kappa shape index (κ1) is 29.7. The van der Waals surface area contributed by atoms with E-state index in [0.717, 1.165) is 54.0 Å². The van der Waals surface area contributed by atoms with Crippen LogP contribution in [0.4, 0.5) is 25.1 Å². The van der Waals surface area contributed by atoms with E-state index < -0.39 is 12.0 Å². The average molecular weight is 622 g/mol. The largest absolute Gasteiger partial charge is 0.444 e. The summed E-state index contributed by atoms with van der Waals surface area (Å²) in [7, 11) is 1.78. The van der Waals surface area contributed by atoms with Gasteiger partial charge in [0, 0.05) is 86.3 Å². The molecule has 12 heteroatoms. The zero-order valence-corrected chi connectivity index (χ0v) is 26.6. The number of anilines is 2. The van der Waals surface area contributed by atoms with Crippen LogP contribution in [0.3, 0.4) is 0 Å². The highest BCUT2D eigenvalue weighted by atomic mass is 19.3. The number of aromatic nitrogens is 4. The molecule has 45 heavy (non-hydrogen) atoms. The first-order valence-electron chi connectivity index (χ1n) is 15.9. The fourth-order valence-electron chi connectivity index (χ4n) is 7.67. The fraction of sp³-hybridized carbons (Fsp3) is 0.576. The number of carbonyl (C=O) groups excluding carboxylic acids is 2. The van der Waals surface area contributed by atoms with Gasteiger partial charge in [0.15, 0.2) is 5.82 Å². The third kappa shape index (κ3) is 5.25. The summed E-state index contributed by atoms with van der Waals surface area (Å²) in [5.74, 6) is 0.773. The second kappa shape index (κ2) is 10.6. The zero-order chi connectivity index (χ0) is 31.8. The summed E-state index contributed by atoms with van der Waals surface area (Å²) in [5, 5.41) is 9.42. The van der Waals surface area contributed by atoms with Crippen molar-refractivity contribution in [2.75, 3.05) is 31.1 Å². The topological polar surface area (TPSA) is 88.7 Å². The molecule has 2 amide bonds. The van der Waals surface area contributed by atoms with Crippen molar-refractivity contribution in [2.24, 2.45) is 12.5 Å². The minimum Gasteiger partial charge on any atom is -0.444 e. The Morgan fingerprint density at radius 1 is 1.09 bits per heavy atom. The van der Waals surface area contributed by atoms with Crippen molar-refractivity contribution in [3.05, 3.63) is 46.9 Å². The van der Waals surface area contributed by atoms with E-state index in [0.29, 0.717) is 50.3 Å². The number of alkyl halides is 2. The van der Waals surface area contributed by atoms with Crippen LogP contribution < -0.4 is 4.90 Å². The number of likely N-dealkylation sites (tertiary alicyclic amines) is 1. The summed E-state index contributed by atoms with van der Waals surface area (Å²) in [5.41, 5.74) is 4.61. The van der Waals surface area contributed by atoms with E-state index in [1.807, 2.05) is 31.7 Å². The molecule has 240 valence electrons. The first-order chi connectivity index (χ1) is 21.3. The normalized spacial score (nSPS) is 19.3. The Hall–Kier alpha value is -3.96. The molecule has 5 heterocycles. The number of ether oxygens (including phenoxy) is 1. The Morgan fingerprint density at radius 3 is 2.49 bits per heavy atom. The van der Waals surface area contributed by atoms with Gasteiger partial charge in [-0.1, -0.05) is 0 Å². The highest BCUT2D eigenvalue weighted by Crippen LogP contribution is 2.55. The molecule has 0 atom stereocenters. The molecule has 1 aliphatic carbocycles. The predicted molar refractivity (Wildman–Crippen MR) is 164 cm³/mol. The molecule has 0 N–H and O–H groups in total. The molecule has 2 fully saturated rings. The number of halogens is 2. The van der Waals surface area contributed by atoms with Gasteiger partial charge in [-0.15, -0.1) is 0 Å². The maximum atomic E-state index is 14.5. The van der Waals surface area contributed by atoms with Crippen LogP contribution in [0, 0.1) is 5.41 Å². The maximum absolute atomic E-state index is 14.5. The minimum atomic E-state index is -2.65. The number of fused-ring (bicyclic) bond motifs is 2. The molecule has 3 aromatic rings. The van der Waals surface area contributed by atoms with Crippen molar-refractivity contribution in [3.8, 4) is 11.1 Å². The van der Waals surface area contributed by atoms with Gasteiger partial charge in [0.25, 0.3) is 6.43 Å². The van der Waals surface area contributed by atoms with Crippen LogP contribution in [0.25, 0.3) is 11.1 Å². The molecule has 1 saturated carbocycles. The summed E-state index contributed by atoms with van der Waals surface area (Å²) in [6.45, 7) is 10.3. The van der Waals surface area contributed by atoms with Gasteiger partial charge in [0.05, 0.1) is 18.8 Å². The lowest BCUT2D eigenvalue weighted by Crippen LogP contribution is -2.64. The van der Waals surface area contributed by atoms with Crippen molar-refractivity contribution in [1.82, 2.24) is 29.4 Å². The minimum absolute atomic E-state index is 0.0128. The molecular weight excluding hydrogens is 580 g/mol. The van der Waals surface area contributed by atoms with Crippen molar-refractivity contribution < 1.29 is 23.1 Å². The van der Waals surface area contributed by atoms with E-state index in [1.165, 1.54) is 0 Å². The van der Waals surface area contributed by atoms with E-state index in [4.69, 9.17) is 9.84 Å². The summed E-state index contributed by atoms with van der Waals surface area (Å²) < 4.78 is 38.4. The molecule has 1 saturated heterocycles. The van der Waals surface area contributed by atoms with Gasteiger partial charge >= 0.3 is 6.09 Å². The zero-order valence-electron chi connectivity index (χ0n) is 26.6. The summed E-state index contributed by atoms with van der Waals surface area (Å²) >= 11 is 0. The molecule has 0 radical (unpaired) electrons. The highest BCUT2D eigenvalue weighted by Gasteiger charge is 2.56. The van der Waals surface area contributed by atoms with E-state index in [-0.39, 0.29) is 29.0 Å². The highest BCUT2D eigenvalue weighted by molar-refractivity contribution is 5.78. The van der Waals surface area contributed by atoms with Crippen molar-refractivity contribution in [3.63, 3.8) is 0 Å². The number of hydrogen-bond donors (Lipinski definition) is 0. The number of rotatable bonds is 4. The maximum Gasteiger partial charge on any atom is 0.410 e. The smallest absolute Gasteiger partial charge is 0.410 e. The molecule has 7 rings (SSSR count). The molecular formula is C33H41F2N7O3. The Labute approximate surface area is 261 Å². The third-order valence-corrected chi connectivity index (χ3v) is 9.77. The standard InChI is InChI=1S/C33H41F2N7O3/c1-20(43)39-10-8-27-26(17-39)30(37-42(27)23-13-33(14-23)18-40(19-33)31(44)45-32(2,3)4)41-9-6-7-21-11-24(22-15-36-38(5)16-22)25(29(34)35)12-28(21)41/h11-12,15-16,23,29H,6-10,13-14,17-19H2,1-5H3. The molecule has 0 unspecified atom stereocenters. The van der Waals surface area contributed by atoms with Gasteiger partial charge in [-0.2, -0.15) is 10.2 Å². The lowest BCUT2D eigenvalue weighted by molar-refractivity contribution is -0.129. The van der Waals surface area contributed by atoms with Crippen LogP contribution in [0.5, 0.6) is 0 Å². The molecule has 2 aromatic heterocycles. The van der Waals surface area contributed by atoms with Gasteiger partial charge in [0.1, 0.15) is 5.60 Å². The lowest BCUT2D eigenvalue weighted by Gasteiger charge is -2.58. The molecule has 0 bridgehead atoms. The summed E-state index contributed by atoms with van der Waals surface area (Å²) in [4.78, 5) is 30.7. The van der Waals surface area contributed by atoms with Gasteiger partial charge in [-0.3, -0.25) is 14.2 Å². The molecule has 3 aliphatic heterocycles. The van der Waals surface area contributed by atoms with Crippen LogP contribution in [-0.2, 0) is 36.0 Å². The molecule has 1 aromatic carbocycles. The Morgan fingerprint density at radius 2 is 1.84 bits per heavy atom. The SMILES string of the molecule is CC(=O)N1CCc2c(c(N3CCCc4cc(-c5cnn(C)c5)c(C(F)F)cc43)nn2C2CC3(C2)CN(C(=O)OC(C)(C)C)C3)C1. The van der Waals surface area contributed by atoms with Gasteiger partial charge in [-0.25, -0.2) is 13.6 Å². The van der Waals surface area contributed by atoms with E-state index in [1.54, 1.807) is 42.0 Å². The molecule has 10 nitrogen and oxygen atoms in total. The van der Waals surface area contributed by atoms with Crippen LogP contribution in [0.1, 0.15) is 81.8 Å². The number of benzene rings is 1.